The largest absolute Gasteiger partial charge is 0.458 e. The molecule has 0 rings (SSSR count). The van der Waals surface area contributed by atoms with Crippen LogP contribution in [-0.2, 0) is 19.1 Å². The van der Waals surface area contributed by atoms with Gasteiger partial charge >= 0.3 is 11.9 Å². The van der Waals surface area contributed by atoms with Gasteiger partial charge in [-0.25, -0.2) is 0 Å². The van der Waals surface area contributed by atoms with E-state index in [-0.39, 0.29) is 0 Å². The Kier molecular flexibility index (Phi) is 6.33. The lowest BCUT2D eigenvalue weighted by Crippen LogP contribution is -2.38. The smallest absolute Gasteiger partial charge is 0.322 e. The van der Waals surface area contributed by atoms with Gasteiger partial charge in [-0.15, -0.1) is 0 Å². The Morgan fingerprint density at radius 2 is 1.06 bits per heavy atom. The molecule has 0 spiro atoms. The fraction of sp³-hybridized carbons (Fsp3) is 0.833. The van der Waals surface area contributed by atoms with Crippen LogP contribution in [0.3, 0.4) is 0 Å². The van der Waals surface area contributed by atoms with Gasteiger partial charge in [0.15, 0.2) is 0 Å². The highest BCUT2D eigenvalue weighted by Crippen LogP contribution is 2.22. The average molecular weight is 388 g/mol. The molecule has 0 aromatic carbocycles. The third kappa shape index (κ3) is 6.18. The monoisotopic (exact) mass is 386 g/mol. The van der Waals surface area contributed by atoms with E-state index in [1.807, 2.05) is 0 Å². The third-order valence-electron chi connectivity index (χ3n) is 2.22. The van der Waals surface area contributed by atoms with Crippen molar-refractivity contribution in [1.82, 2.24) is 0 Å². The maximum Gasteiger partial charge on any atom is 0.322 e. The van der Waals surface area contributed by atoms with Gasteiger partial charge in [0.25, 0.3) is 0 Å². The van der Waals surface area contributed by atoms with Crippen LogP contribution in [-0.4, -0.2) is 32.8 Å². The normalized spacial score (nSPS) is 15.8. The highest BCUT2D eigenvalue weighted by molar-refractivity contribution is 9.10. The van der Waals surface area contributed by atoms with Crippen molar-refractivity contribution < 1.29 is 19.1 Å². The maximum atomic E-state index is 11.6. The summed E-state index contributed by atoms with van der Waals surface area (Å²) < 4.78 is 8.92. The Balaban J connectivity index is 4.41. The number of carbonyl (C=O) groups is 2. The summed E-state index contributed by atoms with van der Waals surface area (Å²) in [5.41, 5.74) is 0. The Labute approximate surface area is 125 Å². The zero-order chi connectivity index (χ0) is 14.7. The fourth-order valence-electron chi connectivity index (χ4n) is 0.810. The van der Waals surface area contributed by atoms with Crippen LogP contribution in [0.5, 0.6) is 0 Å². The molecule has 0 fully saturated rings. The van der Waals surface area contributed by atoms with Crippen molar-refractivity contribution >= 4 is 43.8 Å². The standard InChI is InChI=1S/C12H20Br2O4/c1-7(17-9(15)11(3,4)13)8(2)18-10(16)12(5,6)14/h7-8H,1-6H3. The van der Waals surface area contributed by atoms with Crippen LogP contribution in [0.15, 0.2) is 0 Å². The molecule has 0 aliphatic carbocycles. The van der Waals surface area contributed by atoms with Gasteiger partial charge in [-0.1, -0.05) is 31.9 Å². The summed E-state index contributed by atoms with van der Waals surface area (Å²) in [4.78, 5) is 23.3. The molecule has 0 amide bonds. The second-order valence-electron chi connectivity index (χ2n) is 5.17. The number of esters is 2. The summed E-state index contributed by atoms with van der Waals surface area (Å²) in [7, 11) is 0. The van der Waals surface area contributed by atoms with Gasteiger partial charge in [-0.3, -0.25) is 9.59 Å². The Bertz CT molecular complexity index is 283. The van der Waals surface area contributed by atoms with Gasteiger partial charge in [0, 0.05) is 0 Å². The topological polar surface area (TPSA) is 52.6 Å². The average Bonchev–Trinajstić information content (AvgIpc) is 2.14. The molecule has 2 unspecified atom stereocenters. The number of ether oxygens (including phenoxy) is 2. The minimum atomic E-state index is -0.750. The van der Waals surface area contributed by atoms with Crippen molar-refractivity contribution in [3.63, 3.8) is 0 Å². The summed E-state index contributed by atoms with van der Waals surface area (Å²) in [5, 5.41) is 0. The molecule has 0 saturated heterocycles. The van der Waals surface area contributed by atoms with E-state index < -0.39 is 32.8 Å². The highest BCUT2D eigenvalue weighted by atomic mass is 79.9. The van der Waals surface area contributed by atoms with Crippen LogP contribution >= 0.6 is 31.9 Å². The van der Waals surface area contributed by atoms with Crippen molar-refractivity contribution in [1.29, 1.82) is 0 Å². The van der Waals surface area contributed by atoms with Crippen molar-refractivity contribution in [2.45, 2.75) is 62.4 Å². The first-order valence-corrected chi connectivity index (χ1v) is 7.24. The number of alkyl halides is 2. The molecule has 0 aromatic heterocycles. The van der Waals surface area contributed by atoms with Gasteiger partial charge in [-0.2, -0.15) is 0 Å². The molecule has 4 nitrogen and oxygen atoms in total. The molecule has 0 saturated carbocycles. The predicted octanol–water partition coefficient (Wildman–Crippen LogP) is 3.20. The summed E-state index contributed by atoms with van der Waals surface area (Å²) >= 11 is 6.43. The molecular formula is C12H20Br2O4. The van der Waals surface area contributed by atoms with Gasteiger partial charge in [0.1, 0.15) is 20.9 Å². The summed E-state index contributed by atoms with van der Waals surface area (Å²) in [5.74, 6) is -0.785. The zero-order valence-corrected chi connectivity index (χ0v) is 14.7. The lowest BCUT2D eigenvalue weighted by molar-refractivity contribution is -0.167. The number of rotatable bonds is 5. The molecule has 0 aliphatic rings. The Hall–Kier alpha value is -0.100. The van der Waals surface area contributed by atoms with Crippen LogP contribution in [0, 0.1) is 0 Å². The molecule has 18 heavy (non-hydrogen) atoms. The van der Waals surface area contributed by atoms with Crippen LogP contribution in [0.1, 0.15) is 41.5 Å². The molecule has 6 heteroatoms. The van der Waals surface area contributed by atoms with Crippen LogP contribution in [0.2, 0.25) is 0 Å². The first-order valence-electron chi connectivity index (χ1n) is 5.65. The van der Waals surface area contributed by atoms with Gasteiger partial charge in [0.2, 0.25) is 0 Å². The number of carbonyl (C=O) groups excluding carboxylic acids is 2. The van der Waals surface area contributed by atoms with Gasteiger partial charge in [0.05, 0.1) is 0 Å². The first-order chi connectivity index (χ1) is 7.85. The lowest BCUT2D eigenvalue weighted by atomic mass is 10.2. The summed E-state index contributed by atoms with van der Waals surface area (Å²) in [6.45, 7) is 10.2. The highest BCUT2D eigenvalue weighted by Gasteiger charge is 2.32. The van der Waals surface area contributed by atoms with E-state index in [0.29, 0.717) is 0 Å². The van der Waals surface area contributed by atoms with Crippen LogP contribution < -0.4 is 0 Å². The maximum absolute atomic E-state index is 11.6. The van der Waals surface area contributed by atoms with E-state index in [9.17, 15) is 9.59 Å². The number of hydrogen-bond donors (Lipinski definition) is 0. The fourth-order valence-corrected chi connectivity index (χ4v) is 0.996. The molecule has 0 N–H and O–H groups in total. The molecule has 0 aliphatic heterocycles. The van der Waals surface area contributed by atoms with E-state index in [0.717, 1.165) is 0 Å². The minimum absolute atomic E-state index is 0.393. The second-order valence-corrected chi connectivity index (χ2v) is 9.13. The van der Waals surface area contributed by atoms with Gasteiger partial charge < -0.3 is 9.47 Å². The van der Waals surface area contributed by atoms with Crippen molar-refractivity contribution in [3.8, 4) is 0 Å². The van der Waals surface area contributed by atoms with E-state index in [4.69, 9.17) is 9.47 Å². The molecule has 106 valence electrons. The van der Waals surface area contributed by atoms with Crippen molar-refractivity contribution in [2.75, 3.05) is 0 Å². The van der Waals surface area contributed by atoms with E-state index in [1.54, 1.807) is 41.5 Å². The number of halogens is 2. The molecule has 0 bridgehead atoms. The van der Waals surface area contributed by atoms with Crippen LogP contribution in [0.25, 0.3) is 0 Å². The molecule has 0 heterocycles. The molecule has 0 radical (unpaired) electrons. The SMILES string of the molecule is CC(OC(=O)C(C)(C)Br)C(C)OC(=O)C(C)(C)Br. The Morgan fingerprint density at radius 1 is 0.833 bits per heavy atom. The minimum Gasteiger partial charge on any atom is -0.458 e. The van der Waals surface area contributed by atoms with E-state index in [1.165, 1.54) is 0 Å². The summed E-state index contributed by atoms with van der Waals surface area (Å²) in [6, 6.07) is 0. The van der Waals surface area contributed by atoms with Crippen LogP contribution in [0.4, 0.5) is 0 Å². The zero-order valence-electron chi connectivity index (χ0n) is 11.5. The molecule has 2 atom stereocenters. The van der Waals surface area contributed by atoms with Crippen molar-refractivity contribution in [3.05, 3.63) is 0 Å². The predicted molar refractivity (Wildman–Crippen MR) is 77.1 cm³/mol. The first kappa shape index (κ1) is 17.9. The van der Waals surface area contributed by atoms with E-state index in [2.05, 4.69) is 31.9 Å². The van der Waals surface area contributed by atoms with E-state index >= 15 is 0 Å². The molecular weight excluding hydrogens is 368 g/mol. The van der Waals surface area contributed by atoms with Crippen molar-refractivity contribution in [2.24, 2.45) is 0 Å². The quantitative estimate of drug-likeness (QED) is 0.536. The second kappa shape index (κ2) is 6.37. The lowest BCUT2D eigenvalue weighted by Gasteiger charge is -2.26. The molecule has 0 aromatic rings. The summed E-state index contributed by atoms with van der Waals surface area (Å²) in [6.07, 6.45) is -1.01. The van der Waals surface area contributed by atoms with Gasteiger partial charge in [-0.05, 0) is 41.5 Å². The third-order valence-corrected chi connectivity index (χ3v) is 2.87. The number of hydrogen-bond acceptors (Lipinski definition) is 4. The Morgan fingerprint density at radius 3 is 1.22 bits per heavy atom.